The smallest absolute Gasteiger partial charge is 0.335 e. The van der Waals surface area contributed by atoms with Gasteiger partial charge in [0.2, 0.25) is 0 Å². The summed E-state index contributed by atoms with van der Waals surface area (Å²) in [4.78, 5) is 10.3. The first kappa shape index (κ1) is 14.0. The molecule has 88 valence electrons. The van der Waals surface area contributed by atoms with Crippen LogP contribution >= 0.6 is 34.2 Å². The predicted molar refractivity (Wildman–Crippen MR) is 77.6 cm³/mol. The molecule has 0 aliphatic heterocycles. The number of carboxylic acid groups (broad SMARTS) is 1. The zero-order chi connectivity index (χ0) is 12.7. The van der Waals surface area contributed by atoms with Gasteiger partial charge < -0.3 is 5.11 Å². The van der Waals surface area contributed by atoms with Gasteiger partial charge in [0.1, 0.15) is 0 Å². The van der Waals surface area contributed by atoms with Gasteiger partial charge in [-0.1, -0.05) is 29.8 Å². The van der Waals surface area contributed by atoms with Gasteiger partial charge in [-0.25, -0.2) is 4.79 Å². The maximum absolute atomic E-state index is 10.3. The molecular weight excluding hydrogens is 350 g/mol. The number of rotatable bonds is 1. The molecule has 0 aliphatic rings. The first-order chi connectivity index (χ1) is 8.09. The Morgan fingerprint density at radius 1 is 1.00 bits per heavy atom. The van der Waals surface area contributed by atoms with Crippen LogP contribution < -0.4 is 0 Å². The van der Waals surface area contributed by atoms with Crippen LogP contribution in [0.4, 0.5) is 0 Å². The second-order valence-corrected chi connectivity index (χ2v) is 4.79. The highest BCUT2D eigenvalue weighted by Crippen LogP contribution is 2.08. The molecule has 0 radical (unpaired) electrons. The van der Waals surface area contributed by atoms with Gasteiger partial charge in [0.15, 0.2) is 0 Å². The number of carboxylic acids is 1. The summed E-state index contributed by atoms with van der Waals surface area (Å²) >= 11 is 7.80. The van der Waals surface area contributed by atoms with Crippen LogP contribution in [0.3, 0.4) is 0 Å². The molecule has 0 amide bonds. The van der Waals surface area contributed by atoms with E-state index in [2.05, 4.69) is 34.7 Å². The van der Waals surface area contributed by atoms with Crippen molar-refractivity contribution in [3.8, 4) is 0 Å². The maximum Gasteiger partial charge on any atom is 0.335 e. The topological polar surface area (TPSA) is 37.3 Å². The molecule has 17 heavy (non-hydrogen) atoms. The fourth-order valence-electron chi connectivity index (χ4n) is 1.01. The van der Waals surface area contributed by atoms with E-state index < -0.39 is 5.97 Å². The molecule has 0 unspecified atom stereocenters. The molecule has 0 saturated carbocycles. The molecule has 4 heteroatoms. The fraction of sp³-hybridized carbons (Fsp3) is 0. The second-order valence-electron chi connectivity index (χ2n) is 3.11. The van der Waals surface area contributed by atoms with Crippen molar-refractivity contribution >= 4 is 40.2 Å². The molecule has 0 heterocycles. The predicted octanol–water partition coefficient (Wildman–Crippen LogP) is 4.33. The third-order valence-corrected chi connectivity index (χ3v) is 2.80. The Bertz CT molecular complexity index is 469. The monoisotopic (exact) mass is 360 g/mol. The summed E-state index contributed by atoms with van der Waals surface area (Å²) in [6, 6.07) is 16.2. The highest BCUT2D eigenvalue weighted by molar-refractivity contribution is 14.1. The van der Waals surface area contributed by atoms with E-state index in [1.54, 1.807) is 12.1 Å². The summed E-state index contributed by atoms with van der Waals surface area (Å²) in [6.45, 7) is 0. The minimum absolute atomic E-state index is 0.254. The highest BCUT2D eigenvalue weighted by Gasteiger charge is 1.99. The quantitative estimate of drug-likeness (QED) is 0.769. The van der Waals surface area contributed by atoms with Crippen LogP contribution in [0.25, 0.3) is 0 Å². The summed E-state index contributed by atoms with van der Waals surface area (Å²) in [5.74, 6) is -0.934. The van der Waals surface area contributed by atoms with Gasteiger partial charge in [-0.3, -0.25) is 0 Å². The number of hydrogen-bond acceptors (Lipinski definition) is 1. The average Bonchev–Trinajstić information content (AvgIpc) is 2.31. The van der Waals surface area contributed by atoms with E-state index >= 15 is 0 Å². The number of halogens is 2. The van der Waals surface area contributed by atoms with Gasteiger partial charge in [0.25, 0.3) is 0 Å². The number of carbonyl (C=O) groups is 1. The Kier molecular flexibility index (Phi) is 6.00. The minimum atomic E-state index is -0.934. The molecule has 2 aromatic rings. The van der Waals surface area contributed by atoms with Gasteiger partial charge in [-0.05, 0) is 59.0 Å². The SMILES string of the molecule is Ic1ccccc1.O=C(O)c1ccc(Cl)cc1. The lowest BCUT2D eigenvalue weighted by molar-refractivity contribution is 0.0697. The minimum Gasteiger partial charge on any atom is -0.478 e. The Morgan fingerprint density at radius 3 is 1.88 bits per heavy atom. The molecule has 0 saturated heterocycles. The summed E-state index contributed by atoms with van der Waals surface area (Å²) in [6.07, 6.45) is 0. The van der Waals surface area contributed by atoms with Gasteiger partial charge in [-0.2, -0.15) is 0 Å². The van der Waals surface area contributed by atoms with Crippen molar-refractivity contribution in [2.45, 2.75) is 0 Å². The lowest BCUT2D eigenvalue weighted by atomic mass is 10.2. The van der Waals surface area contributed by atoms with Crippen LogP contribution in [0.5, 0.6) is 0 Å². The average molecular weight is 361 g/mol. The largest absolute Gasteiger partial charge is 0.478 e. The van der Waals surface area contributed by atoms with E-state index in [-0.39, 0.29) is 5.56 Å². The fourth-order valence-corrected chi connectivity index (χ4v) is 1.55. The second kappa shape index (κ2) is 7.29. The summed E-state index contributed by atoms with van der Waals surface area (Å²) < 4.78 is 1.29. The van der Waals surface area contributed by atoms with Gasteiger partial charge >= 0.3 is 5.97 Å². The molecule has 0 fully saturated rings. The number of hydrogen-bond donors (Lipinski definition) is 1. The first-order valence-electron chi connectivity index (χ1n) is 4.79. The zero-order valence-electron chi connectivity index (χ0n) is 8.81. The molecule has 2 aromatic carbocycles. The molecule has 2 nitrogen and oxygen atoms in total. The van der Waals surface area contributed by atoms with Crippen molar-refractivity contribution in [2.24, 2.45) is 0 Å². The van der Waals surface area contributed by atoms with Crippen LogP contribution in [0.2, 0.25) is 5.02 Å². The summed E-state index contributed by atoms with van der Waals surface area (Å²) in [7, 11) is 0. The van der Waals surface area contributed by atoms with E-state index in [1.807, 2.05) is 18.2 Å². The molecule has 1 N–H and O–H groups in total. The van der Waals surface area contributed by atoms with Crippen LogP contribution in [-0.2, 0) is 0 Å². The van der Waals surface area contributed by atoms with Crippen molar-refractivity contribution in [2.75, 3.05) is 0 Å². The van der Waals surface area contributed by atoms with E-state index in [0.29, 0.717) is 5.02 Å². The van der Waals surface area contributed by atoms with Crippen molar-refractivity contribution in [3.63, 3.8) is 0 Å². The maximum atomic E-state index is 10.3. The highest BCUT2D eigenvalue weighted by atomic mass is 127. The number of aromatic carboxylic acids is 1. The molecule has 2 rings (SSSR count). The molecule has 0 aromatic heterocycles. The standard InChI is InChI=1S/C7H5ClO2.C6H5I/c8-6-3-1-5(2-4-6)7(9)10;7-6-4-2-1-3-5-6/h1-4H,(H,9,10);1-5H. The number of benzene rings is 2. The van der Waals surface area contributed by atoms with Crippen molar-refractivity contribution in [1.82, 2.24) is 0 Å². The Hall–Kier alpha value is -1.07. The van der Waals surface area contributed by atoms with E-state index in [9.17, 15) is 4.79 Å². The first-order valence-corrected chi connectivity index (χ1v) is 6.24. The molecule has 0 spiro atoms. The Labute approximate surface area is 118 Å². The third-order valence-electron chi connectivity index (χ3n) is 1.82. The summed E-state index contributed by atoms with van der Waals surface area (Å²) in [5.41, 5.74) is 0.254. The van der Waals surface area contributed by atoms with Crippen LogP contribution in [0.1, 0.15) is 10.4 Å². The van der Waals surface area contributed by atoms with Crippen LogP contribution in [0.15, 0.2) is 54.6 Å². The Morgan fingerprint density at radius 2 is 1.53 bits per heavy atom. The van der Waals surface area contributed by atoms with E-state index in [1.165, 1.54) is 15.7 Å². The molecule has 0 bridgehead atoms. The van der Waals surface area contributed by atoms with Gasteiger partial charge in [0, 0.05) is 8.59 Å². The van der Waals surface area contributed by atoms with Gasteiger partial charge in [-0.15, -0.1) is 0 Å². The van der Waals surface area contributed by atoms with Gasteiger partial charge in [0.05, 0.1) is 5.56 Å². The van der Waals surface area contributed by atoms with Crippen molar-refractivity contribution < 1.29 is 9.90 Å². The van der Waals surface area contributed by atoms with Crippen molar-refractivity contribution in [1.29, 1.82) is 0 Å². The Balaban J connectivity index is 0.000000181. The summed E-state index contributed by atoms with van der Waals surface area (Å²) in [5, 5.41) is 8.98. The van der Waals surface area contributed by atoms with E-state index in [4.69, 9.17) is 16.7 Å². The van der Waals surface area contributed by atoms with Crippen LogP contribution in [0, 0.1) is 3.57 Å². The zero-order valence-corrected chi connectivity index (χ0v) is 11.7. The van der Waals surface area contributed by atoms with Crippen molar-refractivity contribution in [3.05, 3.63) is 68.8 Å². The normalized spacial score (nSPS) is 9.06. The van der Waals surface area contributed by atoms with Crippen LogP contribution in [-0.4, -0.2) is 11.1 Å². The molecule has 0 atom stereocenters. The lowest BCUT2D eigenvalue weighted by Gasteiger charge is -1.91. The van der Waals surface area contributed by atoms with E-state index in [0.717, 1.165) is 0 Å². The molecule has 0 aliphatic carbocycles. The third kappa shape index (κ3) is 5.70. The lowest BCUT2D eigenvalue weighted by Crippen LogP contribution is -1.94. The molecular formula is C13H10ClIO2.